The van der Waals surface area contributed by atoms with Crippen LogP contribution in [0.1, 0.15) is 380 Å². The average Bonchev–Trinajstić information content (AvgIpc) is 3.49. The van der Waals surface area contributed by atoms with Crippen molar-refractivity contribution >= 4 is 17.9 Å². The third-order valence-corrected chi connectivity index (χ3v) is 16.2. The highest BCUT2D eigenvalue weighted by Crippen LogP contribution is 2.19. The van der Waals surface area contributed by atoms with E-state index >= 15 is 0 Å². The van der Waals surface area contributed by atoms with Gasteiger partial charge in [-0.05, 0) is 70.6 Å². The molecule has 0 saturated carbocycles. The Morgan fingerprint density at radius 2 is 0.470 bits per heavy atom. The molecule has 0 aliphatic carbocycles. The van der Waals surface area contributed by atoms with E-state index in [0.29, 0.717) is 19.3 Å². The molecule has 0 saturated heterocycles. The van der Waals surface area contributed by atoms with E-state index in [2.05, 4.69) is 93.7 Å². The lowest BCUT2D eigenvalue weighted by Gasteiger charge is -2.18. The predicted octanol–water partition coefficient (Wildman–Crippen LogP) is 25.2. The van der Waals surface area contributed by atoms with Crippen LogP contribution in [0.2, 0.25) is 0 Å². The third-order valence-electron chi connectivity index (χ3n) is 16.2. The Kier molecular flexibility index (Phi) is 68.6. The first-order valence-electron chi connectivity index (χ1n) is 36.4. The summed E-state index contributed by atoms with van der Waals surface area (Å²) >= 11 is 0. The summed E-state index contributed by atoms with van der Waals surface area (Å²) in [6.45, 7) is 6.48. The van der Waals surface area contributed by atoms with Crippen LogP contribution in [0.5, 0.6) is 0 Å². The molecule has 0 amide bonds. The van der Waals surface area contributed by atoms with E-state index in [0.717, 1.165) is 116 Å². The molecule has 0 aromatic heterocycles. The maximum atomic E-state index is 12.9. The Bertz CT molecular complexity index is 1520. The van der Waals surface area contributed by atoms with E-state index in [1.807, 2.05) is 0 Å². The molecule has 83 heavy (non-hydrogen) atoms. The quantitative estimate of drug-likeness (QED) is 0.0261. The van der Waals surface area contributed by atoms with Crippen LogP contribution >= 0.6 is 0 Å². The minimum atomic E-state index is -0.780. The number of ether oxygens (including phenoxy) is 3. The lowest BCUT2D eigenvalue weighted by molar-refractivity contribution is -0.167. The highest BCUT2D eigenvalue weighted by atomic mass is 16.6. The van der Waals surface area contributed by atoms with E-state index in [9.17, 15) is 14.4 Å². The van der Waals surface area contributed by atoms with Gasteiger partial charge in [0.1, 0.15) is 13.2 Å². The van der Waals surface area contributed by atoms with E-state index in [1.165, 1.54) is 225 Å². The molecular formula is C77H138O6. The summed E-state index contributed by atoms with van der Waals surface area (Å²) < 4.78 is 16.8. The molecule has 482 valence electrons. The molecule has 0 spiro atoms. The van der Waals surface area contributed by atoms with Crippen LogP contribution in [0.3, 0.4) is 0 Å². The van der Waals surface area contributed by atoms with Gasteiger partial charge >= 0.3 is 17.9 Å². The van der Waals surface area contributed by atoms with Crippen molar-refractivity contribution in [3.05, 3.63) is 72.9 Å². The summed E-state index contributed by atoms with van der Waals surface area (Å²) in [5.74, 6) is -0.891. The Labute approximate surface area is 516 Å². The van der Waals surface area contributed by atoms with Gasteiger partial charge in [-0.3, -0.25) is 14.4 Å². The minimum absolute atomic E-state index is 0.0786. The number of esters is 3. The predicted molar refractivity (Wildman–Crippen MR) is 362 cm³/mol. The molecule has 0 aliphatic heterocycles. The van der Waals surface area contributed by atoms with E-state index in [-0.39, 0.29) is 31.1 Å². The molecule has 6 nitrogen and oxygen atoms in total. The smallest absolute Gasteiger partial charge is 0.306 e. The summed E-state index contributed by atoms with van der Waals surface area (Å²) in [5.41, 5.74) is 0. The van der Waals surface area contributed by atoms with Gasteiger partial charge in [-0.2, -0.15) is 0 Å². The van der Waals surface area contributed by atoms with Crippen molar-refractivity contribution in [1.82, 2.24) is 0 Å². The average molecular weight is 1160 g/mol. The molecule has 1 atom stereocenters. The van der Waals surface area contributed by atoms with Crippen LogP contribution in [0.25, 0.3) is 0 Å². The van der Waals surface area contributed by atoms with Crippen molar-refractivity contribution in [3.8, 4) is 0 Å². The molecule has 0 aliphatic rings. The topological polar surface area (TPSA) is 78.9 Å². The first-order valence-corrected chi connectivity index (χ1v) is 36.4. The summed E-state index contributed by atoms with van der Waals surface area (Å²) in [6, 6.07) is 0. The molecule has 6 heteroatoms. The van der Waals surface area contributed by atoms with Crippen LogP contribution in [0.4, 0.5) is 0 Å². The lowest BCUT2D eigenvalue weighted by atomic mass is 10.0. The standard InChI is InChI=1S/C77H138O6/c1-4-7-10-13-15-17-19-21-23-25-27-29-31-33-34-35-36-37-38-39-40-41-42-44-45-47-49-51-53-55-57-59-61-64-67-70-76(79)82-73-74(72-81-75(78)69-66-63-12-9-6-3)83-77(80)71-68-65-62-60-58-56-54-52-50-48-46-43-32-30-28-26-24-22-20-18-16-14-11-8-5-2/h8,11,16,18,22,24,28,30,43,46,50,52,74H,4-7,9-10,12-15,17,19-21,23,25-27,29,31-42,44-45,47-49,51,53-73H2,1-3H3/b11-8-,18-16-,24-22-,30-28-,46-43-,52-50-. The minimum Gasteiger partial charge on any atom is -0.462 e. The molecule has 0 heterocycles. The monoisotopic (exact) mass is 1160 g/mol. The maximum absolute atomic E-state index is 12.9. The van der Waals surface area contributed by atoms with Crippen LogP contribution < -0.4 is 0 Å². The first-order chi connectivity index (χ1) is 41.0. The number of allylic oxidation sites excluding steroid dienone is 12. The molecule has 0 radical (unpaired) electrons. The second kappa shape index (κ2) is 71.3. The van der Waals surface area contributed by atoms with Crippen LogP contribution in [0.15, 0.2) is 72.9 Å². The van der Waals surface area contributed by atoms with Gasteiger partial charge in [-0.25, -0.2) is 0 Å². The number of hydrogen-bond acceptors (Lipinski definition) is 6. The van der Waals surface area contributed by atoms with E-state index in [1.54, 1.807) is 0 Å². The fourth-order valence-electron chi connectivity index (χ4n) is 10.8. The molecule has 0 bridgehead atoms. The third kappa shape index (κ3) is 69.5. The van der Waals surface area contributed by atoms with Crippen molar-refractivity contribution in [3.63, 3.8) is 0 Å². The number of unbranched alkanes of at least 4 members (excludes halogenated alkanes) is 44. The van der Waals surface area contributed by atoms with Crippen molar-refractivity contribution in [2.45, 2.75) is 386 Å². The molecule has 0 fully saturated rings. The highest BCUT2D eigenvalue weighted by molar-refractivity contribution is 5.71. The van der Waals surface area contributed by atoms with Gasteiger partial charge in [0.05, 0.1) is 0 Å². The van der Waals surface area contributed by atoms with Crippen molar-refractivity contribution in [2.75, 3.05) is 13.2 Å². The zero-order valence-electron chi connectivity index (χ0n) is 55.5. The van der Waals surface area contributed by atoms with Gasteiger partial charge in [0.2, 0.25) is 0 Å². The SMILES string of the molecule is CC/C=C\C/C=C\C/C=C\C/C=C\C/C=C\C/C=C\CCCCCCCCC(=O)OC(COC(=O)CCCCCCC)COC(=O)CCCCCCCCCCCCCCCCCCCCCCCCCCCCCCCCCCCCC. The lowest BCUT2D eigenvalue weighted by Crippen LogP contribution is -2.30. The van der Waals surface area contributed by atoms with Gasteiger partial charge in [0, 0.05) is 19.3 Å². The van der Waals surface area contributed by atoms with Crippen molar-refractivity contribution in [1.29, 1.82) is 0 Å². The van der Waals surface area contributed by atoms with Crippen LogP contribution in [0, 0.1) is 0 Å². The van der Waals surface area contributed by atoms with Gasteiger partial charge in [-0.15, -0.1) is 0 Å². The Morgan fingerprint density at radius 1 is 0.253 bits per heavy atom. The fraction of sp³-hybridized carbons (Fsp3) is 0.805. The normalized spacial score (nSPS) is 12.5. The van der Waals surface area contributed by atoms with Gasteiger partial charge in [-0.1, -0.05) is 363 Å². The highest BCUT2D eigenvalue weighted by Gasteiger charge is 2.19. The molecule has 0 N–H and O–H groups in total. The van der Waals surface area contributed by atoms with E-state index < -0.39 is 6.10 Å². The number of hydrogen-bond donors (Lipinski definition) is 0. The maximum Gasteiger partial charge on any atom is 0.306 e. The molecule has 0 aromatic carbocycles. The summed E-state index contributed by atoms with van der Waals surface area (Å²) in [4.78, 5) is 38.0. The van der Waals surface area contributed by atoms with Gasteiger partial charge < -0.3 is 14.2 Å². The largest absolute Gasteiger partial charge is 0.462 e. The van der Waals surface area contributed by atoms with Crippen molar-refractivity contribution < 1.29 is 28.6 Å². The summed E-state index contributed by atoms with van der Waals surface area (Å²) in [7, 11) is 0. The number of rotatable bonds is 67. The zero-order chi connectivity index (χ0) is 59.9. The number of carbonyl (C=O) groups is 3. The summed E-state index contributed by atoms with van der Waals surface area (Å²) in [6.07, 6.45) is 94.4. The molecule has 1 unspecified atom stereocenters. The summed E-state index contributed by atoms with van der Waals surface area (Å²) in [5, 5.41) is 0. The van der Waals surface area contributed by atoms with Gasteiger partial charge in [0.15, 0.2) is 6.10 Å². The fourth-order valence-corrected chi connectivity index (χ4v) is 10.8. The van der Waals surface area contributed by atoms with Gasteiger partial charge in [0.25, 0.3) is 0 Å². The molecule has 0 aromatic rings. The molecular weight excluding hydrogens is 1020 g/mol. The van der Waals surface area contributed by atoms with Crippen molar-refractivity contribution in [2.24, 2.45) is 0 Å². The van der Waals surface area contributed by atoms with Crippen LogP contribution in [-0.2, 0) is 28.6 Å². The first kappa shape index (κ1) is 79.8. The second-order valence-electron chi connectivity index (χ2n) is 24.5. The van der Waals surface area contributed by atoms with Crippen LogP contribution in [-0.4, -0.2) is 37.2 Å². The second-order valence-corrected chi connectivity index (χ2v) is 24.5. The Balaban J connectivity index is 3.92. The number of carbonyl (C=O) groups excluding carboxylic acids is 3. The Morgan fingerprint density at radius 3 is 0.735 bits per heavy atom. The zero-order valence-corrected chi connectivity index (χ0v) is 55.5. The van der Waals surface area contributed by atoms with E-state index in [4.69, 9.17) is 14.2 Å². The molecule has 0 rings (SSSR count). The Hall–Kier alpha value is -3.15.